The Morgan fingerprint density at radius 3 is 2.71 bits per heavy atom. The molecule has 1 unspecified atom stereocenters. The van der Waals surface area contributed by atoms with E-state index < -0.39 is 0 Å². The van der Waals surface area contributed by atoms with Gasteiger partial charge in [0, 0.05) is 31.6 Å². The van der Waals surface area contributed by atoms with E-state index in [0.717, 1.165) is 5.56 Å². The molecule has 2 heterocycles. The number of hydrogen-bond acceptors (Lipinski definition) is 5. The second-order valence-electron chi connectivity index (χ2n) is 5.66. The van der Waals surface area contributed by atoms with Gasteiger partial charge < -0.3 is 4.90 Å². The maximum Gasteiger partial charge on any atom is 0.264 e. The molecule has 1 aliphatic rings. The van der Waals surface area contributed by atoms with Gasteiger partial charge in [0.05, 0.1) is 16.5 Å². The van der Waals surface area contributed by atoms with Crippen molar-refractivity contribution in [3.63, 3.8) is 0 Å². The first-order valence-electron chi connectivity index (χ1n) is 7.67. The summed E-state index contributed by atoms with van der Waals surface area (Å²) in [4.78, 5) is 16.9. The summed E-state index contributed by atoms with van der Waals surface area (Å²) in [7, 11) is 0. The van der Waals surface area contributed by atoms with Gasteiger partial charge in [-0.25, -0.2) is 0 Å². The minimum absolute atomic E-state index is 0.0962. The van der Waals surface area contributed by atoms with E-state index in [2.05, 4.69) is 11.0 Å². The molecule has 3 rings (SSSR count). The molecular formula is C18H16N4OS. The zero-order valence-electron chi connectivity index (χ0n) is 13.1. The molecule has 1 fully saturated rings. The average Bonchev–Trinajstić information content (AvgIpc) is 3.11. The van der Waals surface area contributed by atoms with Crippen LogP contribution in [0.3, 0.4) is 0 Å². The lowest BCUT2D eigenvalue weighted by Gasteiger charge is -2.38. The summed E-state index contributed by atoms with van der Waals surface area (Å²) in [5, 5.41) is 20.0. The average molecular weight is 336 g/mol. The number of benzene rings is 1. The van der Waals surface area contributed by atoms with Crippen molar-refractivity contribution in [1.29, 1.82) is 10.5 Å². The first-order chi connectivity index (χ1) is 11.7. The quantitative estimate of drug-likeness (QED) is 0.863. The molecule has 1 saturated heterocycles. The van der Waals surface area contributed by atoms with Gasteiger partial charge >= 0.3 is 0 Å². The lowest BCUT2D eigenvalue weighted by molar-refractivity contribution is 0.0556. The Morgan fingerprint density at radius 1 is 1.25 bits per heavy atom. The summed E-state index contributed by atoms with van der Waals surface area (Å²) < 4.78 is 0. The van der Waals surface area contributed by atoms with Crippen LogP contribution in [0, 0.1) is 22.7 Å². The third kappa shape index (κ3) is 3.46. The SMILES string of the molecule is N#Cc1csc(C(=O)N2CCN(Cc3ccccc3)C(C#N)C2)c1. The van der Waals surface area contributed by atoms with Crippen LogP contribution in [-0.4, -0.2) is 41.4 Å². The largest absolute Gasteiger partial charge is 0.334 e. The third-order valence-electron chi connectivity index (χ3n) is 4.10. The molecule has 1 aromatic carbocycles. The summed E-state index contributed by atoms with van der Waals surface area (Å²) in [5.74, 6) is -0.0962. The van der Waals surface area contributed by atoms with Crippen LogP contribution in [0.5, 0.6) is 0 Å². The summed E-state index contributed by atoms with van der Waals surface area (Å²) in [6, 6.07) is 15.7. The molecule has 6 heteroatoms. The van der Waals surface area contributed by atoms with E-state index in [4.69, 9.17) is 5.26 Å². The molecule has 5 nitrogen and oxygen atoms in total. The smallest absolute Gasteiger partial charge is 0.264 e. The molecule has 0 bridgehead atoms. The Balaban J connectivity index is 1.67. The van der Waals surface area contributed by atoms with E-state index in [1.54, 1.807) is 16.3 Å². The predicted molar refractivity (Wildman–Crippen MR) is 91.2 cm³/mol. The number of nitrogens with zero attached hydrogens (tertiary/aromatic N) is 4. The van der Waals surface area contributed by atoms with E-state index in [1.165, 1.54) is 11.3 Å². The van der Waals surface area contributed by atoms with Crippen LogP contribution in [0.1, 0.15) is 20.8 Å². The zero-order chi connectivity index (χ0) is 16.9. The number of piperazine rings is 1. The van der Waals surface area contributed by atoms with Crippen LogP contribution in [0.15, 0.2) is 41.8 Å². The monoisotopic (exact) mass is 336 g/mol. The number of carbonyl (C=O) groups is 1. The van der Waals surface area contributed by atoms with Crippen LogP contribution in [0.2, 0.25) is 0 Å². The fraction of sp³-hybridized carbons (Fsp3) is 0.278. The van der Waals surface area contributed by atoms with Gasteiger partial charge in [-0.3, -0.25) is 9.69 Å². The topological polar surface area (TPSA) is 71.1 Å². The molecular weight excluding hydrogens is 320 g/mol. The molecule has 0 N–H and O–H groups in total. The van der Waals surface area contributed by atoms with Gasteiger partial charge in [0.25, 0.3) is 5.91 Å². The normalized spacial score (nSPS) is 17.9. The zero-order valence-corrected chi connectivity index (χ0v) is 13.9. The first kappa shape index (κ1) is 16.2. The van der Waals surface area contributed by atoms with E-state index >= 15 is 0 Å². The van der Waals surface area contributed by atoms with Gasteiger partial charge in [0.2, 0.25) is 0 Å². The Hall–Kier alpha value is -2.67. The molecule has 1 atom stereocenters. The van der Waals surface area contributed by atoms with Crippen molar-refractivity contribution in [2.75, 3.05) is 19.6 Å². The Morgan fingerprint density at radius 2 is 2.04 bits per heavy atom. The van der Waals surface area contributed by atoms with Gasteiger partial charge in [-0.2, -0.15) is 10.5 Å². The molecule has 0 spiro atoms. The molecule has 0 radical (unpaired) electrons. The molecule has 0 saturated carbocycles. The number of rotatable bonds is 3. The lowest BCUT2D eigenvalue weighted by Crippen LogP contribution is -2.53. The van der Waals surface area contributed by atoms with Gasteiger partial charge in [0.1, 0.15) is 12.1 Å². The minimum Gasteiger partial charge on any atom is -0.334 e. The predicted octanol–water partition coefficient (Wildman–Crippen LogP) is 2.47. The summed E-state index contributed by atoms with van der Waals surface area (Å²) >= 11 is 1.28. The molecule has 1 aromatic heterocycles. The van der Waals surface area contributed by atoms with Gasteiger partial charge in [-0.1, -0.05) is 30.3 Å². The number of thiophene rings is 1. The Kier molecular flexibility index (Phi) is 4.90. The highest BCUT2D eigenvalue weighted by Crippen LogP contribution is 2.20. The number of hydrogen-bond donors (Lipinski definition) is 0. The second kappa shape index (κ2) is 7.27. The van der Waals surface area contributed by atoms with Crippen molar-refractivity contribution in [2.24, 2.45) is 0 Å². The Labute approximate surface area is 145 Å². The first-order valence-corrected chi connectivity index (χ1v) is 8.54. The van der Waals surface area contributed by atoms with Crippen molar-refractivity contribution in [3.05, 3.63) is 57.8 Å². The summed E-state index contributed by atoms with van der Waals surface area (Å²) in [5.41, 5.74) is 1.66. The van der Waals surface area contributed by atoms with Gasteiger partial charge in [-0.15, -0.1) is 11.3 Å². The third-order valence-corrected chi connectivity index (χ3v) is 5.01. The highest BCUT2D eigenvalue weighted by molar-refractivity contribution is 7.12. The molecule has 1 amide bonds. The van der Waals surface area contributed by atoms with Crippen LogP contribution < -0.4 is 0 Å². The summed E-state index contributed by atoms with van der Waals surface area (Å²) in [6.07, 6.45) is 0. The van der Waals surface area contributed by atoms with Gasteiger partial charge in [-0.05, 0) is 11.6 Å². The van der Waals surface area contributed by atoms with Crippen molar-refractivity contribution in [1.82, 2.24) is 9.80 Å². The molecule has 0 aliphatic carbocycles. The number of amides is 1. The highest BCUT2D eigenvalue weighted by Gasteiger charge is 2.30. The lowest BCUT2D eigenvalue weighted by atomic mass is 10.1. The standard InChI is InChI=1S/C18H16N4OS/c19-9-15-8-17(24-13-15)18(23)22-7-6-21(16(10-20)12-22)11-14-4-2-1-3-5-14/h1-5,8,13,16H,6-7,11-12H2. The number of carbonyl (C=O) groups excluding carboxylic acids is 1. The van der Waals surface area contributed by atoms with Crippen LogP contribution in [-0.2, 0) is 6.54 Å². The van der Waals surface area contributed by atoms with Crippen molar-refractivity contribution in [3.8, 4) is 12.1 Å². The Bertz CT molecular complexity index is 802. The number of nitriles is 2. The van der Waals surface area contributed by atoms with Crippen molar-refractivity contribution >= 4 is 17.2 Å². The van der Waals surface area contributed by atoms with E-state index in [9.17, 15) is 10.1 Å². The van der Waals surface area contributed by atoms with Crippen LogP contribution in [0.4, 0.5) is 0 Å². The van der Waals surface area contributed by atoms with Crippen molar-refractivity contribution < 1.29 is 4.79 Å². The maximum atomic E-state index is 12.6. The molecule has 24 heavy (non-hydrogen) atoms. The van der Waals surface area contributed by atoms with E-state index in [0.29, 0.717) is 36.6 Å². The van der Waals surface area contributed by atoms with Crippen molar-refractivity contribution in [2.45, 2.75) is 12.6 Å². The van der Waals surface area contributed by atoms with E-state index in [-0.39, 0.29) is 11.9 Å². The van der Waals surface area contributed by atoms with Crippen LogP contribution in [0.25, 0.3) is 0 Å². The minimum atomic E-state index is -0.321. The van der Waals surface area contributed by atoms with E-state index in [1.807, 2.05) is 36.4 Å². The fourth-order valence-corrected chi connectivity index (χ4v) is 3.60. The molecule has 2 aromatic rings. The second-order valence-corrected chi connectivity index (χ2v) is 6.57. The summed E-state index contributed by atoms with van der Waals surface area (Å²) in [6.45, 7) is 2.35. The molecule has 1 aliphatic heterocycles. The fourth-order valence-electron chi connectivity index (χ4n) is 2.80. The van der Waals surface area contributed by atoms with Gasteiger partial charge in [0.15, 0.2) is 0 Å². The molecule has 120 valence electrons. The maximum absolute atomic E-state index is 12.6. The van der Waals surface area contributed by atoms with Crippen LogP contribution >= 0.6 is 11.3 Å². The highest BCUT2D eigenvalue weighted by atomic mass is 32.1.